The average Bonchev–Trinajstić information content (AvgIpc) is 2.64. The first-order chi connectivity index (χ1) is 12.7. The molecule has 2 N–H and O–H groups in total. The third-order valence-electron chi connectivity index (χ3n) is 6.73. The van der Waals surface area contributed by atoms with Crippen molar-refractivity contribution in [3.05, 3.63) is 12.2 Å². The molecule has 3 aliphatic rings. The van der Waals surface area contributed by atoms with Crippen LogP contribution in [0.1, 0.15) is 51.9 Å². The van der Waals surface area contributed by atoms with Crippen LogP contribution in [0, 0.1) is 23.7 Å². The van der Waals surface area contributed by atoms with Crippen LogP contribution in [-0.4, -0.2) is 46.6 Å². The standard InChI is InChI=1S/C20H29F3O4/c1-12-17-14(7-8-15(24)13-5-3-2-4-6-13)16(25)9-10-19(17,18(12)26)27-11-20(21,22)23/h7-8,12-17,24-25H,2-6,9-11H2,1H3/b8-7+/t12?,14-,15+,16+,17+,19+/m1/s1. The first kappa shape index (κ1) is 20.8. The SMILES string of the molecule is CC1C(=O)[C@]2(OCC(F)(F)F)CC[C@H](O)[C@@H](/C=C/[C@H](O)C3CCCCC3)[C@H]12. The highest BCUT2D eigenvalue weighted by atomic mass is 19.4. The van der Waals surface area contributed by atoms with Crippen LogP contribution in [0.25, 0.3) is 0 Å². The smallest absolute Gasteiger partial charge is 0.393 e. The lowest BCUT2D eigenvalue weighted by molar-refractivity contribution is -0.252. The van der Waals surface area contributed by atoms with E-state index in [9.17, 15) is 28.2 Å². The minimum absolute atomic E-state index is 0.105. The number of ether oxygens (including phenoxy) is 1. The second-order valence-electron chi connectivity index (χ2n) is 8.43. The molecule has 0 bridgehead atoms. The number of halogens is 3. The third-order valence-corrected chi connectivity index (χ3v) is 6.73. The van der Waals surface area contributed by atoms with E-state index in [1.807, 2.05) is 0 Å². The van der Waals surface area contributed by atoms with Gasteiger partial charge in [0.25, 0.3) is 0 Å². The van der Waals surface area contributed by atoms with E-state index in [1.54, 1.807) is 19.1 Å². The van der Waals surface area contributed by atoms with E-state index in [0.717, 1.165) is 25.7 Å². The zero-order valence-corrected chi connectivity index (χ0v) is 15.6. The second kappa shape index (κ2) is 7.84. The zero-order valence-electron chi connectivity index (χ0n) is 15.6. The number of hydrogen-bond acceptors (Lipinski definition) is 4. The number of aliphatic hydroxyl groups excluding tert-OH is 2. The summed E-state index contributed by atoms with van der Waals surface area (Å²) in [4.78, 5) is 12.4. The van der Waals surface area contributed by atoms with Crippen LogP contribution in [0.2, 0.25) is 0 Å². The Hall–Kier alpha value is -0.920. The maximum absolute atomic E-state index is 12.7. The minimum atomic E-state index is -4.50. The molecule has 3 aliphatic carbocycles. The fourth-order valence-electron chi connectivity index (χ4n) is 5.32. The van der Waals surface area contributed by atoms with Crippen LogP contribution in [0.3, 0.4) is 0 Å². The van der Waals surface area contributed by atoms with Crippen LogP contribution < -0.4 is 0 Å². The number of fused-ring (bicyclic) bond motifs is 1. The highest BCUT2D eigenvalue weighted by molar-refractivity contribution is 5.96. The second-order valence-corrected chi connectivity index (χ2v) is 8.43. The lowest BCUT2D eigenvalue weighted by atomic mass is 9.50. The van der Waals surface area contributed by atoms with E-state index in [1.165, 1.54) is 6.42 Å². The number of aliphatic hydroxyl groups is 2. The van der Waals surface area contributed by atoms with E-state index in [4.69, 9.17) is 4.74 Å². The highest BCUT2D eigenvalue weighted by Crippen LogP contribution is 2.55. The highest BCUT2D eigenvalue weighted by Gasteiger charge is 2.66. The van der Waals surface area contributed by atoms with Crippen LogP contribution in [0.4, 0.5) is 13.2 Å². The molecule has 6 atom stereocenters. The maximum Gasteiger partial charge on any atom is 0.411 e. The van der Waals surface area contributed by atoms with Gasteiger partial charge < -0.3 is 14.9 Å². The van der Waals surface area contributed by atoms with E-state index in [0.29, 0.717) is 0 Å². The number of hydrogen-bond donors (Lipinski definition) is 2. The van der Waals surface area contributed by atoms with Gasteiger partial charge in [-0.05, 0) is 31.6 Å². The van der Waals surface area contributed by atoms with Crippen molar-refractivity contribution in [1.29, 1.82) is 0 Å². The summed E-state index contributed by atoms with van der Waals surface area (Å²) in [6.45, 7) is 0.220. The molecule has 7 heteroatoms. The monoisotopic (exact) mass is 390 g/mol. The molecule has 4 nitrogen and oxygen atoms in total. The first-order valence-corrected chi connectivity index (χ1v) is 9.95. The zero-order chi connectivity index (χ0) is 19.8. The molecule has 0 spiro atoms. The molecule has 1 unspecified atom stereocenters. The van der Waals surface area contributed by atoms with E-state index >= 15 is 0 Å². The van der Waals surface area contributed by atoms with Gasteiger partial charge in [0.15, 0.2) is 5.78 Å². The molecule has 3 saturated carbocycles. The molecule has 0 radical (unpaired) electrons. The fraction of sp³-hybridized carbons (Fsp3) is 0.850. The summed E-state index contributed by atoms with van der Waals surface area (Å²) in [5.74, 6) is -1.57. The van der Waals surface area contributed by atoms with Gasteiger partial charge >= 0.3 is 6.18 Å². The van der Waals surface area contributed by atoms with Crippen LogP contribution >= 0.6 is 0 Å². The number of ketones is 1. The van der Waals surface area contributed by atoms with Gasteiger partial charge in [-0.3, -0.25) is 4.79 Å². The summed E-state index contributed by atoms with van der Waals surface area (Å²) in [6.07, 6.45) is 3.07. The molecule has 3 fully saturated rings. The van der Waals surface area contributed by atoms with Gasteiger partial charge in [0.2, 0.25) is 0 Å². The van der Waals surface area contributed by atoms with Crippen LogP contribution in [0.15, 0.2) is 12.2 Å². The molecule has 0 aromatic carbocycles. The Balaban J connectivity index is 1.73. The van der Waals surface area contributed by atoms with Gasteiger partial charge in [-0.2, -0.15) is 13.2 Å². The Morgan fingerprint density at radius 1 is 1.26 bits per heavy atom. The number of Topliss-reactive ketones (excluding diaryl/α,β-unsaturated/α-hetero) is 1. The van der Waals surface area contributed by atoms with E-state index in [2.05, 4.69) is 0 Å². The topological polar surface area (TPSA) is 66.8 Å². The summed E-state index contributed by atoms with van der Waals surface area (Å²) in [6, 6.07) is 0. The van der Waals surface area contributed by atoms with Gasteiger partial charge in [0, 0.05) is 17.8 Å². The predicted octanol–water partition coefficient (Wildman–Crippen LogP) is 3.41. The van der Waals surface area contributed by atoms with E-state index in [-0.39, 0.29) is 24.5 Å². The lowest BCUT2D eigenvalue weighted by Gasteiger charge is -2.58. The Morgan fingerprint density at radius 2 is 1.93 bits per heavy atom. The number of alkyl halides is 3. The summed E-state index contributed by atoms with van der Waals surface area (Å²) in [7, 11) is 0. The minimum Gasteiger partial charge on any atom is -0.393 e. The largest absolute Gasteiger partial charge is 0.411 e. The van der Waals surface area contributed by atoms with Crippen molar-refractivity contribution in [2.45, 2.75) is 75.9 Å². The normalized spacial score (nSPS) is 39.3. The van der Waals surface area contributed by atoms with Crippen molar-refractivity contribution in [1.82, 2.24) is 0 Å². The van der Waals surface area contributed by atoms with Crippen molar-refractivity contribution >= 4 is 5.78 Å². The van der Waals surface area contributed by atoms with Crippen molar-refractivity contribution < 1.29 is 32.9 Å². The average molecular weight is 390 g/mol. The molecular weight excluding hydrogens is 361 g/mol. The maximum atomic E-state index is 12.7. The third kappa shape index (κ3) is 4.10. The fourth-order valence-corrected chi connectivity index (χ4v) is 5.32. The Labute approximate surface area is 157 Å². The molecule has 0 heterocycles. The summed E-state index contributed by atoms with van der Waals surface area (Å²) < 4.78 is 43.1. The van der Waals surface area contributed by atoms with E-state index < -0.39 is 48.3 Å². The summed E-state index contributed by atoms with van der Waals surface area (Å²) in [5, 5.41) is 20.9. The Morgan fingerprint density at radius 3 is 2.56 bits per heavy atom. The summed E-state index contributed by atoms with van der Waals surface area (Å²) in [5.41, 5.74) is -1.46. The van der Waals surface area contributed by atoms with Crippen molar-refractivity contribution in [3.8, 4) is 0 Å². The molecule has 0 amide bonds. The van der Waals surface area contributed by atoms with Crippen LogP contribution in [-0.2, 0) is 9.53 Å². The lowest BCUT2D eigenvalue weighted by Crippen LogP contribution is -2.70. The number of carbonyl (C=O) groups is 1. The quantitative estimate of drug-likeness (QED) is 0.706. The number of carbonyl (C=O) groups excluding carboxylic acids is 1. The first-order valence-electron chi connectivity index (χ1n) is 9.95. The Bertz CT molecular complexity index is 570. The van der Waals surface area contributed by atoms with Gasteiger partial charge in [0.1, 0.15) is 12.2 Å². The van der Waals surface area contributed by atoms with Gasteiger partial charge in [0.05, 0.1) is 12.2 Å². The van der Waals surface area contributed by atoms with Crippen LogP contribution in [0.5, 0.6) is 0 Å². The molecule has 0 aliphatic heterocycles. The molecule has 0 saturated heterocycles. The molecule has 3 rings (SSSR count). The summed E-state index contributed by atoms with van der Waals surface area (Å²) >= 11 is 0. The van der Waals surface area contributed by atoms with Crippen molar-refractivity contribution in [3.63, 3.8) is 0 Å². The van der Waals surface area contributed by atoms with Gasteiger partial charge in [-0.15, -0.1) is 0 Å². The number of rotatable bonds is 5. The van der Waals surface area contributed by atoms with Gasteiger partial charge in [-0.1, -0.05) is 38.3 Å². The molecule has 154 valence electrons. The molecule has 0 aromatic heterocycles. The van der Waals surface area contributed by atoms with Crippen molar-refractivity contribution in [2.75, 3.05) is 6.61 Å². The molecule has 27 heavy (non-hydrogen) atoms. The van der Waals surface area contributed by atoms with Crippen molar-refractivity contribution in [2.24, 2.45) is 23.7 Å². The van der Waals surface area contributed by atoms with Gasteiger partial charge in [-0.25, -0.2) is 0 Å². The molecular formula is C20H29F3O4. The Kier molecular flexibility index (Phi) is 6.04. The molecule has 0 aromatic rings. The predicted molar refractivity (Wildman–Crippen MR) is 92.9 cm³/mol.